The summed E-state index contributed by atoms with van der Waals surface area (Å²) < 4.78 is 0. The molecule has 0 aliphatic rings. The van der Waals surface area contributed by atoms with E-state index in [-0.39, 0.29) is 5.91 Å². The fourth-order valence-corrected chi connectivity index (χ4v) is 2.26. The minimum atomic E-state index is -0.430. The summed E-state index contributed by atoms with van der Waals surface area (Å²) >= 11 is 3.34. The highest BCUT2D eigenvalue weighted by atomic mass is 32.2. The van der Waals surface area contributed by atoms with Gasteiger partial charge in [-0.05, 0) is 42.9 Å². The van der Waals surface area contributed by atoms with Crippen molar-refractivity contribution in [3.63, 3.8) is 0 Å². The summed E-state index contributed by atoms with van der Waals surface area (Å²) in [5.74, 6) is 0.789. The fraction of sp³-hybridized carbons (Fsp3) is 0.417. The maximum absolute atomic E-state index is 11.8. The number of amides is 1. The van der Waals surface area contributed by atoms with Gasteiger partial charge in [0.05, 0.1) is 6.04 Å². The summed E-state index contributed by atoms with van der Waals surface area (Å²) in [5.41, 5.74) is 6.60. The van der Waals surface area contributed by atoms with Crippen molar-refractivity contribution in [1.82, 2.24) is 0 Å². The van der Waals surface area contributed by atoms with E-state index in [2.05, 4.69) is 5.32 Å². The first-order chi connectivity index (χ1) is 8.17. The number of carbonyl (C=O) groups is 1. The van der Waals surface area contributed by atoms with Crippen LogP contribution in [0.25, 0.3) is 0 Å². The number of anilines is 1. The average molecular weight is 270 g/mol. The number of thioether (sulfide) groups is 2. The second kappa shape index (κ2) is 7.63. The molecular weight excluding hydrogens is 252 g/mol. The lowest BCUT2D eigenvalue weighted by atomic mass is 10.2. The summed E-state index contributed by atoms with van der Waals surface area (Å²) in [4.78, 5) is 12.9. The normalized spacial score (nSPS) is 12.2. The Balaban J connectivity index is 2.54. The molecule has 0 spiro atoms. The predicted octanol–water partition coefficient (Wildman–Crippen LogP) is 2.43. The molecule has 17 heavy (non-hydrogen) atoms. The van der Waals surface area contributed by atoms with Crippen molar-refractivity contribution in [2.45, 2.75) is 17.4 Å². The lowest BCUT2D eigenvalue weighted by Gasteiger charge is -2.12. The van der Waals surface area contributed by atoms with Gasteiger partial charge in [-0.25, -0.2) is 0 Å². The van der Waals surface area contributed by atoms with Crippen LogP contribution in [0.5, 0.6) is 0 Å². The lowest BCUT2D eigenvalue weighted by molar-refractivity contribution is -0.117. The summed E-state index contributed by atoms with van der Waals surface area (Å²) in [6, 6.07) is 7.33. The lowest BCUT2D eigenvalue weighted by Crippen LogP contribution is -2.36. The average Bonchev–Trinajstić information content (AvgIpc) is 2.36. The highest BCUT2D eigenvalue weighted by Gasteiger charge is 2.12. The molecule has 1 aromatic carbocycles. The van der Waals surface area contributed by atoms with Crippen LogP contribution >= 0.6 is 23.5 Å². The van der Waals surface area contributed by atoms with E-state index in [1.165, 1.54) is 0 Å². The van der Waals surface area contributed by atoms with Crippen LogP contribution in [0.3, 0.4) is 0 Å². The summed E-state index contributed by atoms with van der Waals surface area (Å²) in [5, 5.41) is 2.84. The molecule has 0 aromatic heterocycles. The molecule has 0 unspecified atom stereocenters. The predicted molar refractivity (Wildman–Crippen MR) is 77.8 cm³/mol. The van der Waals surface area contributed by atoms with E-state index >= 15 is 0 Å². The molecule has 0 heterocycles. The third kappa shape index (κ3) is 5.02. The summed E-state index contributed by atoms with van der Waals surface area (Å²) in [6.45, 7) is 0. The molecule has 1 amide bonds. The van der Waals surface area contributed by atoms with Gasteiger partial charge in [-0.1, -0.05) is 6.07 Å². The van der Waals surface area contributed by atoms with Gasteiger partial charge in [-0.2, -0.15) is 11.8 Å². The Morgan fingerprint density at radius 3 is 2.88 bits per heavy atom. The zero-order chi connectivity index (χ0) is 12.7. The molecular formula is C12H18N2OS2. The van der Waals surface area contributed by atoms with Gasteiger partial charge in [0.1, 0.15) is 0 Å². The van der Waals surface area contributed by atoms with Gasteiger partial charge in [0, 0.05) is 10.6 Å². The molecule has 0 saturated heterocycles. The van der Waals surface area contributed by atoms with Gasteiger partial charge in [0.2, 0.25) is 5.91 Å². The number of nitrogens with one attached hydrogen (secondary N) is 1. The van der Waals surface area contributed by atoms with E-state index < -0.39 is 6.04 Å². The minimum Gasteiger partial charge on any atom is -0.325 e. The maximum atomic E-state index is 11.8. The second-order valence-electron chi connectivity index (χ2n) is 3.61. The molecule has 1 aromatic rings. The Morgan fingerprint density at radius 1 is 1.47 bits per heavy atom. The van der Waals surface area contributed by atoms with Crippen molar-refractivity contribution in [3.8, 4) is 0 Å². The molecule has 3 N–H and O–H groups in total. The van der Waals surface area contributed by atoms with Crippen LogP contribution < -0.4 is 11.1 Å². The molecule has 3 nitrogen and oxygen atoms in total. The van der Waals surface area contributed by atoms with Crippen molar-refractivity contribution in [2.24, 2.45) is 5.73 Å². The van der Waals surface area contributed by atoms with E-state index in [1.54, 1.807) is 23.5 Å². The Morgan fingerprint density at radius 2 is 2.24 bits per heavy atom. The number of rotatable bonds is 6. The van der Waals surface area contributed by atoms with Gasteiger partial charge in [0.25, 0.3) is 0 Å². The number of nitrogens with two attached hydrogens (primary N) is 1. The van der Waals surface area contributed by atoms with Crippen LogP contribution in [0, 0.1) is 0 Å². The Kier molecular flexibility index (Phi) is 6.47. The van der Waals surface area contributed by atoms with Crippen molar-refractivity contribution >= 4 is 35.1 Å². The number of benzene rings is 1. The second-order valence-corrected chi connectivity index (χ2v) is 5.47. The van der Waals surface area contributed by atoms with Crippen molar-refractivity contribution < 1.29 is 4.79 Å². The first-order valence-corrected chi connectivity index (χ1v) is 7.98. The smallest absolute Gasteiger partial charge is 0.241 e. The Labute approximate surface area is 111 Å². The third-order valence-electron chi connectivity index (χ3n) is 2.31. The Hall–Kier alpha value is -0.650. The highest BCUT2D eigenvalue weighted by Crippen LogP contribution is 2.19. The van der Waals surface area contributed by atoms with Gasteiger partial charge < -0.3 is 11.1 Å². The van der Waals surface area contributed by atoms with E-state index in [1.807, 2.05) is 36.8 Å². The molecule has 0 bridgehead atoms. The third-order valence-corrected chi connectivity index (χ3v) is 3.68. The van der Waals surface area contributed by atoms with Gasteiger partial charge >= 0.3 is 0 Å². The molecule has 1 rings (SSSR count). The zero-order valence-electron chi connectivity index (χ0n) is 10.1. The van der Waals surface area contributed by atoms with E-state index in [0.717, 1.165) is 16.3 Å². The van der Waals surface area contributed by atoms with Crippen LogP contribution in [0.2, 0.25) is 0 Å². The topological polar surface area (TPSA) is 55.1 Å². The standard InChI is InChI=1S/C12H18N2OS2/c1-16-7-6-11(13)12(15)14-9-4-3-5-10(8-9)17-2/h3-5,8,11H,6-7,13H2,1-2H3,(H,14,15)/t11-/m1/s1. The molecule has 1 atom stereocenters. The van der Waals surface area contributed by atoms with Crippen LogP contribution in [0.1, 0.15) is 6.42 Å². The number of carbonyl (C=O) groups excluding carboxylic acids is 1. The molecule has 5 heteroatoms. The number of hydrogen-bond donors (Lipinski definition) is 2. The maximum Gasteiger partial charge on any atom is 0.241 e. The molecule has 0 radical (unpaired) electrons. The quantitative estimate of drug-likeness (QED) is 0.780. The van der Waals surface area contributed by atoms with Crippen molar-refractivity contribution in [3.05, 3.63) is 24.3 Å². The molecule has 0 aliphatic heterocycles. The van der Waals surface area contributed by atoms with E-state index in [9.17, 15) is 4.79 Å². The first kappa shape index (κ1) is 14.4. The van der Waals surface area contributed by atoms with E-state index in [0.29, 0.717) is 6.42 Å². The van der Waals surface area contributed by atoms with Gasteiger partial charge in [0.15, 0.2) is 0 Å². The molecule has 94 valence electrons. The minimum absolute atomic E-state index is 0.114. The molecule has 0 aliphatic carbocycles. The largest absolute Gasteiger partial charge is 0.325 e. The molecule has 0 saturated carbocycles. The monoisotopic (exact) mass is 270 g/mol. The summed E-state index contributed by atoms with van der Waals surface area (Å²) in [7, 11) is 0. The van der Waals surface area contributed by atoms with Crippen LogP contribution in [0.15, 0.2) is 29.2 Å². The first-order valence-electron chi connectivity index (χ1n) is 5.37. The Bertz CT molecular complexity index is 371. The summed E-state index contributed by atoms with van der Waals surface area (Å²) in [6.07, 6.45) is 4.72. The van der Waals surface area contributed by atoms with E-state index in [4.69, 9.17) is 5.73 Å². The fourth-order valence-electron chi connectivity index (χ4n) is 1.31. The van der Waals surface area contributed by atoms with Crippen LogP contribution in [-0.2, 0) is 4.79 Å². The highest BCUT2D eigenvalue weighted by molar-refractivity contribution is 7.98. The van der Waals surface area contributed by atoms with Crippen LogP contribution in [-0.4, -0.2) is 30.2 Å². The zero-order valence-corrected chi connectivity index (χ0v) is 11.7. The van der Waals surface area contributed by atoms with Crippen molar-refractivity contribution in [2.75, 3.05) is 23.6 Å². The van der Waals surface area contributed by atoms with Crippen molar-refractivity contribution in [1.29, 1.82) is 0 Å². The SMILES string of the molecule is CSCC[C@@H](N)C(=O)Nc1cccc(SC)c1. The van der Waals surface area contributed by atoms with Gasteiger partial charge in [-0.3, -0.25) is 4.79 Å². The molecule has 0 fully saturated rings. The number of hydrogen-bond acceptors (Lipinski definition) is 4. The van der Waals surface area contributed by atoms with Gasteiger partial charge in [-0.15, -0.1) is 11.8 Å². The van der Waals surface area contributed by atoms with Crippen LogP contribution in [0.4, 0.5) is 5.69 Å².